The molecule has 0 bridgehead atoms. The fraction of sp³-hybridized carbons (Fsp3) is 0.381. The van der Waals surface area contributed by atoms with Gasteiger partial charge in [-0.2, -0.15) is 5.10 Å². The Morgan fingerprint density at radius 3 is 2.77 bits per heavy atom. The monoisotopic (exact) mass is 426 g/mol. The van der Waals surface area contributed by atoms with Gasteiger partial charge in [0.05, 0.1) is 35.5 Å². The molecule has 4 atom stereocenters. The molecule has 10 heteroatoms. The van der Waals surface area contributed by atoms with Gasteiger partial charge in [-0.3, -0.25) is 9.59 Å². The summed E-state index contributed by atoms with van der Waals surface area (Å²) in [6, 6.07) is 6.18. The molecule has 2 saturated carbocycles. The smallest absolute Gasteiger partial charge is 0.274 e. The van der Waals surface area contributed by atoms with Crippen molar-refractivity contribution in [3.8, 4) is 0 Å². The average Bonchev–Trinajstić information content (AvgIpc) is 3.32. The van der Waals surface area contributed by atoms with Crippen molar-refractivity contribution in [2.24, 2.45) is 0 Å². The van der Waals surface area contributed by atoms with E-state index in [0.29, 0.717) is 41.1 Å². The van der Waals surface area contributed by atoms with Gasteiger partial charge in [0.25, 0.3) is 11.5 Å². The Balaban J connectivity index is 1.48. The van der Waals surface area contributed by atoms with Crippen LogP contribution in [-0.2, 0) is 0 Å². The molecule has 3 heterocycles. The molecule has 1 unspecified atom stereocenters. The summed E-state index contributed by atoms with van der Waals surface area (Å²) in [6.45, 7) is 0. The molecule has 3 aromatic heterocycles. The van der Waals surface area contributed by atoms with Crippen LogP contribution in [0.15, 0.2) is 41.5 Å². The maximum atomic E-state index is 13.5. The fourth-order valence-electron chi connectivity index (χ4n) is 3.87. The lowest BCUT2D eigenvalue weighted by molar-refractivity contribution is 0.0448. The van der Waals surface area contributed by atoms with E-state index in [1.54, 1.807) is 42.0 Å². The van der Waals surface area contributed by atoms with Gasteiger partial charge in [-0.1, -0.05) is 0 Å². The number of amides is 1. The Bertz CT molecular complexity index is 1220. The van der Waals surface area contributed by atoms with Crippen molar-refractivity contribution in [2.45, 2.75) is 43.6 Å². The van der Waals surface area contributed by atoms with Gasteiger partial charge in [0.1, 0.15) is 17.7 Å². The molecule has 1 amide bonds. The second-order valence-corrected chi connectivity index (χ2v) is 8.04. The van der Waals surface area contributed by atoms with Crippen molar-refractivity contribution in [1.82, 2.24) is 19.5 Å². The number of aromatic nitrogens is 3. The zero-order chi connectivity index (χ0) is 21.7. The van der Waals surface area contributed by atoms with E-state index < -0.39 is 18.3 Å². The number of carbonyl (C=O) groups is 1. The van der Waals surface area contributed by atoms with E-state index in [1.165, 1.54) is 10.8 Å². The number of rotatable bonds is 6. The highest BCUT2D eigenvalue weighted by Gasteiger charge is 2.39. The number of nitrogens with zero attached hydrogens (tertiary/aromatic N) is 3. The molecule has 3 aromatic rings. The first-order valence-corrected chi connectivity index (χ1v) is 10.3. The fourth-order valence-corrected chi connectivity index (χ4v) is 3.87. The number of aliphatic hydroxyl groups excluding tert-OH is 1. The highest BCUT2D eigenvalue weighted by atomic mass is 19.1. The molecule has 0 aromatic carbocycles. The van der Waals surface area contributed by atoms with Gasteiger partial charge in [0.15, 0.2) is 0 Å². The zero-order valence-corrected chi connectivity index (χ0v) is 16.9. The number of nitrogens with one attached hydrogen (secondary N) is 3. The van der Waals surface area contributed by atoms with Crippen molar-refractivity contribution in [1.29, 1.82) is 0 Å². The van der Waals surface area contributed by atoms with Crippen LogP contribution >= 0.6 is 0 Å². The topological polar surface area (TPSA) is 113 Å². The van der Waals surface area contributed by atoms with E-state index in [9.17, 15) is 19.1 Å². The van der Waals surface area contributed by atoms with Crippen LogP contribution in [0.2, 0.25) is 0 Å². The molecule has 9 nitrogen and oxygen atoms in total. The summed E-state index contributed by atoms with van der Waals surface area (Å²) < 4.78 is 16.5. The predicted molar refractivity (Wildman–Crippen MR) is 114 cm³/mol. The van der Waals surface area contributed by atoms with Crippen LogP contribution in [0.1, 0.15) is 35.7 Å². The minimum Gasteiger partial charge on any atom is -0.391 e. The lowest BCUT2D eigenvalue weighted by Gasteiger charge is -2.32. The van der Waals surface area contributed by atoms with E-state index in [4.69, 9.17) is 0 Å². The Morgan fingerprint density at radius 2 is 2.13 bits per heavy atom. The lowest BCUT2D eigenvalue weighted by atomic mass is 9.89. The minimum absolute atomic E-state index is 0.253. The Labute approximate surface area is 176 Å². The largest absolute Gasteiger partial charge is 0.391 e. The van der Waals surface area contributed by atoms with Gasteiger partial charge in [0.2, 0.25) is 0 Å². The number of hydrogen-bond donors (Lipinski definition) is 4. The Kier molecular flexibility index (Phi) is 4.66. The first-order chi connectivity index (χ1) is 15.0. The van der Waals surface area contributed by atoms with Gasteiger partial charge in [-0.15, -0.1) is 0 Å². The van der Waals surface area contributed by atoms with Gasteiger partial charge < -0.3 is 25.6 Å². The van der Waals surface area contributed by atoms with Gasteiger partial charge in [0, 0.05) is 31.4 Å². The predicted octanol–water partition coefficient (Wildman–Crippen LogP) is 1.82. The maximum Gasteiger partial charge on any atom is 0.274 e. The summed E-state index contributed by atoms with van der Waals surface area (Å²) in [4.78, 5) is 25.5. The molecule has 0 aliphatic heterocycles. The molecule has 2 fully saturated rings. The van der Waals surface area contributed by atoms with Crippen molar-refractivity contribution in [3.63, 3.8) is 0 Å². The number of pyridine rings is 2. The molecular weight excluding hydrogens is 403 g/mol. The van der Waals surface area contributed by atoms with Crippen LogP contribution in [0.5, 0.6) is 0 Å². The third-order valence-corrected chi connectivity index (χ3v) is 5.97. The first kappa shape index (κ1) is 19.6. The van der Waals surface area contributed by atoms with Gasteiger partial charge >= 0.3 is 0 Å². The van der Waals surface area contributed by atoms with Crippen LogP contribution in [0, 0.1) is 0 Å². The summed E-state index contributed by atoms with van der Waals surface area (Å²) in [5.74, 6) is 0.299. The van der Waals surface area contributed by atoms with E-state index in [-0.39, 0.29) is 17.5 Å². The summed E-state index contributed by atoms with van der Waals surface area (Å²) in [6.07, 6.45) is 3.33. The third-order valence-electron chi connectivity index (χ3n) is 5.97. The molecular formula is C21H23FN6O3. The van der Waals surface area contributed by atoms with Crippen LogP contribution in [0.3, 0.4) is 0 Å². The molecule has 162 valence electrons. The van der Waals surface area contributed by atoms with Crippen LogP contribution in [0.4, 0.5) is 21.6 Å². The Morgan fingerprint density at radius 1 is 1.32 bits per heavy atom. The summed E-state index contributed by atoms with van der Waals surface area (Å²) in [5.41, 5.74) is 1.50. The third kappa shape index (κ3) is 3.42. The van der Waals surface area contributed by atoms with Crippen molar-refractivity contribution in [3.05, 3.63) is 52.6 Å². The van der Waals surface area contributed by atoms with E-state index >= 15 is 0 Å². The SMILES string of the molecule is CNc1cc(Nc2cccn([C@H]3C[C@@H]3F)c2=O)cc2c(C(=O)NC3CC[C@H]3O)cnn12. The van der Waals surface area contributed by atoms with Crippen molar-refractivity contribution >= 4 is 28.6 Å². The summed E-state index contributed by atoms with van der Waals surface area (Å²) in [5, 5.41) is 23.0. The molecule has 5 rings (SSSR count). The number of anilines is 3. The van der Waals surface area contributed by atoms with Crippen molar-refractivity contribution < 1.29 is 14.3 Å². The molecule has 2 aliphatic rings. The molecule has 0 radical (unpaired) electrons. The normalized spacial score (nSPS) is 24.5. The number of hydrogen-bond acceptors (Lipinski definition) is 6. The van der Waals surface area contributed by atoms with Crippen molar-refractivity contribution in [2.75, 3.05) is 17.7 Å². The molecule has 31 heavy (non-hydrogen) atoms. The lowest BCUT2D eigenvalue weighted by Crippen LogP contribution is -2.50. The minimum atomic E-state index is -0.984. The van der Waals surface area contributed by atoms with E-state index in [0.717, 1.165) is 6.42 Å². The van der Waals surface area contributed by atoms with E-state index in [2.05, 4.69) is 21.0 Å². The second-order valence-electron chi connectivity index (χ2n) is 8.04. The highest BCUT2D eigenvalue weighted by molar-refractivity contribution is 6.01. The van der Waals surface area contributed by atoms with Gasteiger partial charge in [-0.25, -0.2) is 8.91 Å². The standard InChI is InChI=1S/C21H23FN6O3/c1-23-19-8-11(25-15-3-2-6-27(21(15)31)17-9-13(17)22)7-16-12(10-24-28(16)19)20(30)26-14-4-5-18(14)29/h2-3,6-8,10,13-14,17-18,23,25,29H,4-5,9H2,1H3,(H,26,30)/t13-,14?,17-,18+/m0/s1. The number of alkyl halides is 1. The summed E-state index contributed by atoms with van der Waals surface area (Å²) >= 11 is 0. The molecule has 4 N–H and O–H groups in total. The van der Waals surface area contributed by atoms with Crippen LogP contribution in [0.25, 0.3) is 5.52 Å². The molecule has 0 spiro atoms. The quantitative estimate of drug-likeness (QED) is 0.478. The average molecular weight is 426 g/mol. The zero-order valence-electron chi connectivity index (χ0n) is 16.9. The molecule has 2 aliphatic carbocycles. The summed E-state index contributed by atoms with van der Waals surface area (Å²) in [7, 11) is 1.73. The maximum absolute atomic E-state index is 13.5. The molecule has 0 saturated heterocycles. The van der Waals surface area contributed by atoms with Crippen LogP contribution < -0.4 is 21.5 Å². The number of carbonyl (C=O) groups excluding carboxylic acids is 1. The first-order valence-electron chi connectivity index (χ1n) is 10.3. The number of fused-ring (bicyclic) bond motifs is 1. The Hall–Kier alpha value is -3.40. The van der Waals surface area contributed by atoms with Gasteiger partial charge in [-0.05, 0) is 31.0 Å². The highest BCUT2D eigenvalue weighted by Crippen LogP contribution is 2.38. The second kappa shape index (κ2) is 7.38. The van der Waals surface area contributed by atoms with Crippen LogP contribution in [-0.4, -0.2) is 50.6 Å². The number of halogens is 1. The van der Waals surface area contributed by atoms with E-state index in [1.807, 2.05) is 0 Å². The number of aliphatic hydroxyl groups is 1.